The summed E-state index contributed by atoms with van der Waals surface area (Å²) in [5.41, 5.74) is 1.20. The van der Waals surface area contributed by atoms with E-state index in [9.17, 15) is 0 Å². The lowest BCUT2D eigenvalue weighted by atomic mass is 10.3. The Bertz CT molecular complexity index is 61.5. The van der Waals surface area contributed by atoms with Crippen LogP contribution < -0.4 is 5.32 Å². The molecule has 0 bridgehead atoms. The van der Waals surface area contributed by atoms with Crippen LogP contribution in [-0.2, 0) is 0 Å². The summed E-state index contributed by atoms with van der Waals surface area (Å²) in [6, 6.07) is 0. The van der Waals surface area contributed by atoms with E-state index in [-0.39, 0.29) is 12.4 Å². The van der Waals surface area contributed by atoms with Crippen LogP contribution in [-0.4, -0.2) is 13.1 Å². The molecule has 0 heterocycles. The van der Waals surface area contributed by atoms with Crippen LogP contribution in [0.1, 0.15) is 13.8 Å². The fourth-order valence-electron chi connectivity index (χ4n) is 0.338. The summed E-state index contributed by atoms with van der Waals surface area (Å²) in [5.74, 6) is 0. The number of nitrogens with one attached hydrogen (secondary N) is 1. The Morgan fingerprint density at radius 2 is 2.12 bits per heavy atom. The summed E-state index contributed by atoms with van der Waals surface area (Å²) in [4.78, 5) is 0. The van der Waals surface area contributed by atoms with E-state index >= 15 is 0 Å². The summed E-state index contributed by atoms with van der Waals surface area (Å²) in [6.07, 6.45) is 0. The molecule has 8 heavy (non-hydrogen) atoms. The number of hydrogen-bond donors (Lipinski definition) is 1. The van der Waals surface area contributed by atoms with Gasteiger partial charge in [-0.25, -0.2) is 0 Å². The smallest absolute Gasteiger partial charge is 0.0159 e. The first-order valence-corrected chi connectivity index (χ1v) is 2.62. The van der Waals surface area contributed by atoms with Gasteiger partial charge in [-0.1, -0.05) is 19.1 Å². The number of likely N-dealkylation sites (N-methyl/N-ethyl adjacent to an activating group) is 1. The lowest BCUT2D eigenvalue weighted by Gasteiger charge is -1.96. The van der Waals surface area contributed by atoms with Gasteiger partial charge in [-0.3, -0.25) is 0 Å². The second kappa shape index (κ2) is 6.99. The molecule has 50 valence electrons. The normalized spacial score (nSPS) is 7.75. The molecule has 0 saturated heterocycles. The first-order chi connectivity index (χ1) is 3.27. The van der Waals surface area contributed by atoms with Crippen LogP contribution in [0.15, 0.2) is 12.2 Å². The zero-order valence-electron chi connectivity index (χ0n) is 5.53. The van der Waals surface area contributed by atoms with Crippen LogP contribution >= 0.6 is 12.4 Å². The third kappa shape index (κ3) is 9.37. The van der Waals surface area contributed by atoms with Crippen molar-refractivity contribution in [2.45, 2.75) is 13.8 Å². The molecule has 0 atom stereocenters. The molecule has 0 spiro atoms. The maximum atomic E-state index is 3.73. The Morgan fingerprint density at radius 3 is 2.25 bits per heavy atom. The first kappa shape index (κ1) is 10.9. The second-order valence-corrected chi connectivity index (χ2v) is 1.74. The van der Waals surface area contributed by atoms with Gasteiger partial charge in [-0.05, 0) is 13.5 Å². The van der Waals surface area contributed by atoms with Gasteiger partial charge in [0, 0.05) is 6.54 Å². The van der Waals surface area contributed by atoms with Crippen molar-refractivity contribution in [1.82, 2.24) is 5.32 Å². The van der Waals surface area contributed by atoms with Crippen LogP contribution in [0, 0.1) is 0 Å². The molecule has 0 aromatic heterocycles. The molecule has 0 amide bonds. The maximum Gasteiger partial charge on any atom is 0.0159 e. The lowest BCUT2D eigenvalue weighted by Crippen LogP contribution is -2.14. The predicted octanol–water partition coefficient (Wildman–Crippen LogP) is 1.59. The molecule has 0 rings (SSSR count). The highest BCUT2D eigenvalue weighted by molar-refractivity contribution is 5.85. The van der Waals surface area contributed by atoms with E-state index in [1.165, 1.54) is 5.57 Å². The van der Waals surface area contributed by atoms with Crippen molar-refractivity contribution in [2.75, 3.05) is 13.1 Å². The molecular weight excluding hydrogens is 122 g/mol. The largest absolute Gasteiger partial charge is 0.313 e. The van der Waals surface area contributed by atoms with E-state index in [1.807, 2.05) is 6.92 Å². The van der Waals surface area contributed by atoms with Crippen LogP contribution in [0.3, 0.4) is 0 Å². The molecule has 0 fully saturated rings. The highest BCUT2D eigenvalue weighted by Crippen LogP contribution is 1.78. The number of halogens is 1. The third-order valence-electron chi connectivity index (χ3n) is 0.677. The zero-order valence-corrected chi connectivity index (χ0v) is 6.35. The molecule has 0 aliphatic carbocycles. The van der Waals surface area contributed by atoms with E-state index in [0.29, 0.717) is 0 Å². The van der Waals surface area contributed by atoms with Crippen LogP contribution in [0.2, 0.25) is 0 Å². The minimum absolute atomic E-state index is 0. The topological polar surface area (TPSA) is 12.0 Å². The highest BCUT2D eigenvalue weighted by atomic mass is 35.5. The van der Waals surface area contributed by atoms with Gasteiger partial charge < -0.3 is 5.32 Å². The molecule has 1 N–H and O–H groups in total. The van der Waals surface area contributed by atoms with E-state index in [1.54, 1.807) is 0 Å². The van der Waals surface area contributed by atoms with Crippen molar-refractivity contribution < 1.29 is 0 Å². The predicted molar refractivity (Wildman–Crippen MR) is 40.6 cm³/mol. The van der Waals surface area contributed by atoms with Crippen molar-refractivity contribution in [3.8, 4) is 0 Å². The molecular formula is C6H14ClN. The monoisotopic (exact) mass is 135 g/mol. The standard InChI is InChI=1S/C6H13N.ClH/c1-4-7-5-6(2)3;/h7H,2,4-5H2,1,3H3;1H. The Labute approximate surface area is 57.6 Å². The Morgan fingerprint density at radius 1 is 1.62 bits per heavy atom. The van der Waals surface area contributed by atoms with Crippen molar-refractivity contribution >= 4 is 12.4 Å². The van der Waals surface area contributed by atoms with Gasteiger partial charge in [-0.2, -0.15) is 0 Å². The van der Waals surface area contributed by atoms with Gasteiger partial charge in [-0.15, -0.1) is 12.4 Å². The molecule has 1 nitrogen and oxygen atoms in total. The average molecular weight is 136 g/mol. The Kier molecular flexibility index (Phi) is 9.51. The zero-order chi connectivity index (χ0) is 5.70. The van der Waals surface area contributed by atoms with Crippen LogP contribution in [0.4, 0.5) is 0 Å². The second-order valence-electron chi connectivity index (χ2n) is 1.74. The summed E-state index contributed by atoms with van der Waals surface area (Å²) >= 11 is 0. The molecule has 0 aromatic rings. The summed E-state index contributed by atoms with van der Waals surface area (Å²) in [7, 11) is 0. The first-order valence-electron chi connectivity index (χ1n) is 2.62. The molecule has 2 heteroatoms. The van der Waals surface area contributed by atoms with Crippen molar-refractivity contribution in [2.24, 2.45) is 0 Å². The number of rotatable bonds is 3. The third-order valence-corrected chi connectivity index (χ3v) is 0.677. The minimum atomic E-state index is 0. The van der Waals surface area contributed by atoms with Crippen LogP contribution in [0.5, 0.6) is 0 Å². The Balaban J connectivity index is 0. The summed E-state index contributed by atoms with van der Waals surface area (Å²) in [5, 5.41) is 3.15. The molecule has 0 radical (unpaired) electrons. The Hall–Kier alpha value is -0.0100. The van der Waals surface area contributed by atoms with Gasteiger partial charge in [0.1, 0.15) is 0 Å². The van der Waals surface area contributed by atoms with Crippen LogP contribution in [0.25, 0.3) is 0 Å². The van der Waals surface area contributed by atoms with E-state index < -0.39 is 0 Å². The fourth-order valence-corrected chi connectivity index (χ4v) is 0.338. The average Bonchev–Trinajstić information content (AvgIpc) is 1.61. The summed E-state index contributed by atoms with van der Waals surface area (Å²) in [6.45, 7) is 9.82. The van der Waals surface area contributed by atoms with Gasteiger partial charge >= 0.3 is 0 Å². The van der Waals surface area contributed by atoms with Gasteiger partial charge in [0.05, 0.1) is 0 Å². The molecule has 0 aliphatic heterocycles. The maximum absolute atomic E-state index is 3.73. The fraction of sp³-hybridized carbons (Fsp3) is 0.667. The van der Waals surface area contributed by atoms with Gasteiger partial charge in [0.25, 0.3) is 0 Å². The SMILES string of the molecule is C=C(C)CNCC.Cl. The van der Waals surface area contributed by atoms with E-state index in [4.69, 9.17) is 0 Å². The minimum Gasteiger partial charge on any atom is -0.313 e. The molecule has 0 unspecified atom stereocenters. The van der Waals surface area contributed by atoms with Crippen molar-refractivity contribution in [3.05, 3.63) is 12.2 Å². The van der Waals surface area contributed by atoms with Gasteiger partial charge in [0.2, 0.25) is 0 Å². The van der Waals surface area contributed by atoms with E-state index in [0.717, 1.165) is 13.1 Å². The van der Waals surface area contributed by atoms with Gasteiger partial charge in [0.15, 0.2) is 0 Å². The van der Waals surface area contributed by atoms with E-state index in [2.05, 4.69) is 18.8 Å². The lowest BCUT2D eigenvalue weighted by molar-refractivity contribution is 0.778. The highest BCUT2D eigenvalue weighted by Gasteiger charge is 1.78. The van der Waals surface area contributed by atoms with Crippen molar-refractivity contribution in [1.29, 1.82) is 0 Å². The van der Waals surface area contributed by atoms with Crippen molar-refractivity contribution in [3.63, 3.8) is 0 Å². The molecule has 0 aliphatic rings. The quantitative estimate of drug-likeness (QED) is 0.580. The summed E-state index contributed by atoms with van der Waals surface area (Å²) < 4.78 is 0. The molecule has 0 aromatic carbocycles. The molecule has 0 saturated carbocycles. The number of hydrogen-bond acceptors (Lipinski definition) is 1.